The summed E-state index contributed by atoms with van der Waals surface area (Å²) >= 11 is 0. The molecular weight excluding hydrogens is 482 g/mol. The Hall–Kier alpha value is -3.82. The van der Waals surface area contributed by atoms with E-state index in [0.717, 1.165) is 5.56 Å². The van der Waals surface area contributed by atoms with E-state index in [1.54, 1.807) is 74.5 Å². The molecule has 4 rings (SSSR count). The van der Waals surface area contributed by atoms with Gasteiger partial charge in [-0.15, -0.1) is 0 Å². The number of hydrogen-bond acceptors (Lipinski definition) is 7. The maximum atomic E-state index is 13.5. The third-order valence-electron chi connectivity index (χ3n) is 5.81. The average molecular weight is 508 g/mol. The highest BCUT2D eigenvalue weighted by Crippen LogP contribution is 2.37. The number of nitrogens with one attached hydrogen (secondary N) is 1. The Balaban J connectivity index is 1.72. The number of sulfonamides is 1. The number of ether oxygens (including phenoxy) is 2. The second kappa shape index (κ2) is 10.4. The fraction of sp³-hybridized carbons (Fsp3) is 0.222. The van der Waals surface area contributed by atoms with Gasteiger partial charge in [-0.3, -0.25) is 14.4 Å². The summed E-state index contributed by atoms with van der Waals surface area (Å²) in [5.41, 5.74) is 2.53. The highest BCUT2D eigenvalue weighted by molar-refractivity contribution is 7.89. The highest BCUT2D eigenvalue weighted by Gasteiger charge is 2.38. The first-order valence-corrected chi connectivity index (χ1v) is 13.0. The number of benzene rings is 3. The molecular formula is C27H25NO7S. The lowest BCUT2D eigenvalue weighted by atomic mass is 10.0. The van der Waals surface area contributed by atoms with E-state index in [-0.39, 0.29) is 29.3 Å². The zero-order valence-corrected chi connectivity index (χ0v) is 20.6. The summed E-state index contributed by atoms with van der Waals surface area (Å²) in [5.74, 6) is -1.79. The summed E-state index contributed by atoms with van der Waals surface area (Å²) in [5, 5.41) is 0. The second-order valence-electron chi connectivity index (χ2n) is 8.11. The van der Waals surface area contributed by atoms with Crippen molar-refractivity contribution in [2.75, 3.05) is 6.61 Å². The van der Waals surface area contributed by atoms with Gasteiger partial charge in [0.15, 0.2) is 17.9 Å². The molecule has 36 heavy (non-hydrogen) atoms. The number of esters is 2. The van der Waals surface area contributed by atoms with Gasteiger partial charge in [0, 0.05) is 17.5 Å². The Kier molecular flexibility index (Phi) is 7.32. The summed E-state index contributed by atoms with van der Waals surface area (Å²) in [7, 11) is -4.35. The topological polar surface area (TPSA) is 116 Å². The van der Waals surface area contributed by atoms with E-state index in [1.165, 1.54) is 12.1 Å². The molecule has 0 saturated heterocycles. The molecule has 0 radical (unpaired) electrons. The molecule has 0 heterocycles. The normalized spacial score (nSPS) is 13.9. The SMILES string of the molecule is CCOC(=O)[C@H](NS(=O)(=O)c1ccc2c(c1)C(=O)c1ccccc1-2)[C@@H](OC(=O)CC)c1ccccc1. The van der Waals surface area contributed by atoms with Gasteiger partial charge in [-0.2, -0.15) is 4.72 Å². The summed E-state index contributed by atoms with van der Waals surface area (Å²) in [4.78, 5) is 37.8. The zero-order chi connectivity index (χ0) is 25.9. The first-order chi connectivity index (χ1) is 17.3. The van der Waals surface area contributed by atoms with E-state index in [2.05, 4.69) is 4.72 Å². The van der Waals surface area contributed by atoms with Crippen molar-refractivity contribution in [3.8, 4) is 11.1 Å². The Morgan fingerprint density at radius 1 is 0.861 bits per heavy atom. The molecule has 3 aromatic carbocycles. The third-order valence-corrected chi connectivity index (χ3v) is 7.25. The Morgan fingerprint density at radius 3 is 2.17 bits per heavy atom. The van der Waals surface area contributed by atoms with Crippen LogP contribution in [0.15, 0.2) is 77.7 Å². The van der Waals surface area contributed by atoms with E-state index in [9.17, 15) is 22.8 Å². The predicted molar refractivity (Wildman–Crippen MR) is 132 cm³/mol. The summed E-state index contributed by atoms with van der Waals surface area (Å²) in [6.45, 7) is 3.17. The molecule has 0 spiro atoms. The van der Waals surface area contributed by atoms with E-state index >= 15 is 0 Å². The van der Waals surface area contributed by atoms with E-state index < -0.39 is 34.1 Å². The maximum absolute atomic E-state index is 13.5. The van der Waals surface area contributed by atoms with Gasteiger partial charge in [-0.1, -0.05) is 67.6 Å². The number of ketones is 1. The summed E-state index contributed by atoms with van der Waals surface area (Å²) in [6, 6.07) is 18.1. The monoisotopic (exact) mass is 507 g/mol. The first-order valence-electron chi connectivity index (χ1n) is 11.5. The molecule has 1 aliphatic carbocycles. The van der Waals surface area contributed by atoms with Crippen LogP contribution in [0.25, 0.3) is 11.1 Å². The average Bonchev–Trinajstić information content (AvgIpc) is 3.18. The van der Waals surface area contributed by atoms with Crippen molar-refractivity contribution in [3.05, 3.63) is 89.5 Å². The predicted octanol–water partition coefficient (Wildman–Crippen LogP) is 3.80. The number of hydrogen-bond donors (Lipinski definition) is 1. The lowest BCUT2D eigenvalue weighted by molar-refractivity contribution is -0.158. The summed E-state index contributed by atoms with van der Waals surface area (Å²) in [6.07, 6.45) is -1.24. The molecule has 0 fully saturated rings. The molecule has 0 unspecified atom stereocenters. The van der Waals surface area contributed by atoms with Crippen LogP contribution in [0.3, 0.4) is 0 Å². The van der Waals surface area contributed by atoms with Crippen LogP contribution >= 0.6 is 0 Å². The van der Waals surface area contributed by atoms with Gasteiger partial charge in [0.1, 0.15) is 0 Å². The minimum atomic E-state index is -4.35. The Morgan fingerprint density at radius 2 is 1.50 bits per heavy atom. The van der Waals surface area contributed by atoms with Crippen LogP contribution in [-0.2, 0) is 29.1 Å². The number of carbonyl (C=O) groups excluding carboxylic acids is 3. The summed E-state index contributed by atoms with van der Waals surface area (Å²) < 4.78 is 39.9. The van der Waals surface area contributed by atoms with Crippen molar-refractivity contribution in [1.82, 2.24) is 4.72 Å². The fourth-order valence-corrected chi connectivity index (χ4v) is 5.28. The first kappa shape index (κ1) is 25.3. The standard InChI is InChI=1S/C27H25NO7S/c1-3-23(29)35-26(17-10-6-5-7-11-17)24(27(31)34-4-2)28-36(32,33)18-14-15-20-19-12-8-9-13-21(19)25(30)22(20)16-18/h5-16,24,26,28H,3-4H2,1-2H3/t24-,26+/m1/s1. The molecule has 186 valence electrons. The van der Waals surface area contributed by atoms with Gasteiger partial charge in [0.25, 0.3) is 0 Å². The smallest absolute Gasteiger partial charge is 0.328 e. The lowest BCUT2D eigenvalue weighted by Crippen LogP contribution is -2.47. The van der Waals surface area contributed by atoms with E-state index in [1.807, 2.05) is 0 Å². The van der Waals surface area contributed by atoms with Crippen molar-refractivity contribution < 1.29 is 32.3 Å². The molecule has 0 bridgehead atoms. The van der Waals surface area contributed by atoms with Gasteiger partial charge < -0.3 is 9.47 Å². The molecule has 0 saturated carbocycles. The molecule has 9 heteroatoms. The molecule has 1 aliphatic rings. The van der Waals surface area contributed by atoms with Crippen LogP contribution in [0.4, 0.5) is 0 Å². The zero-order valence-electron chi connectivity index (χ0n) is 19.8. The quantitative estimate of drug-likeness (QED) is 0.343. The van der Waals surface area contributed by atoms with Gasteiger partial charge in [0.2, 0.25) is 10.0 Å². The molecule has 0 aromatic heterocycles. The molecule has 3 aromatic rings. The minimum absolute atomic E-state index is 0.00804. The van der Waals surface area contributed by atoms with Crippen molar-refractivity contribution in [2.24, 2.45) is 0 Å². The number of fused-ring (bicyclic) bond motifs is 3. The Labute approximate surface area is 209 Å². The van der Waals surface area contributed by atoms with Crippen molar-refractivity contribution in [3.63, 3.8) is 0 Å². The molecule has 0 aliphatic heterocycles. The van der Waals surface area contributed by atoms with Crippen molar-refractivity contribution in [2.45, 2.75) is 37.3 Å². The van der Waals surface area contributed by atoms with E-state index in [0.29, 0.717) is 16.7 Å². The van der Waals surface area contributed by atoms with Gasteiger partial charge >= 0.3 is 11.9 Å². The van der Waals surface area contributed by atoms with E-state index in [4.69, 9.17) is 9.47 Å². The van der Waals surface area contributed by atoms with Gasteiger partial charge in [-0.25, -0.2) is 8.42 Å². The van der Waals surface area contributed by atoms with Crippen LogP contribution < -0.4 is 4.72 Å². The number of carbonyl (C=O) groups is 3. The van der Waals surface area contributed by atoms with Crippen molar-refractivity contribution in [1.29, 1.82) is 0 Å². The third kappa shape index (κ3) is 4.93. The molecule has 2 atom stereocenters. The largest absolute Gasteiger partial charge is 0.465 e. The lowest BCUT2D eigenvalue weighted by Gasteiger charge is -2.26. The van der Waals surface area contributed by atoms with Crippen LogP contribution in [0, 0.1) is 0 Å². The Bertz CT molecular complexity index is 1420. The van der Waals surface area contributed by atoms with Crippen LogP contribution in [0.5, 0.6) is 0 Å². The fourth-order valence-electron chi connectivity index (χ4n) is 4.07. The maximum Gasteiger partial charge on any atom is 0.328 e. The molecule has 0 amide bonds. The minimum Gasteiger partial charge on any atom is -0.465 e. The van der Waals surface area contributed by atoms with Crippen molar-refractivity contribution >= 4 is 27.7 Å². The van der Waals surface area contributed by atoms with Gasteiger partial charge in [0.05, 0.1) is 11.5 Å². The molecule has 8 nitrogen and oxygen atoms in total. The van der Waals surface area contributed by atoms with Gasteiger partial charge in [-0.05, 0) is 35.7 Å². The number of rotatable bonds is 9. The van der Waals surface area contributed by atoms with Crippen LogP contribution in [-0.4, -0.2) is 38.8 Å². The molecule has 1 N–H and O–H groups in total. The van der Waals surface area contributed by atoms with Crippen LogP contribution in [0.1, 0.15) is 47.9 Å². The van der Waals surface area contributed by atoms with Crippen LogP contribution in [0.2, 0.25) is 0 Å². The highest BCUT2D eigenvalue weighted by atomic mass is 32.2. The second-order valence-corrected chi connectivity index (χ2v) is 9.82.